The van der Waals surface area contributed by atoms with Gasteiger partial charge in [-0.15, -0.1) is 0 Å². The highest BCUT2D eigenvalue weighted by atomic mass is 32.2. The summed E-state index contributed by atoms with van der Waals surface area (Å²) in [6.45, 7) is 5.31. The van der Waals surface area contributed by atoms with Gasteiger partial charge in [0.2, 0.25) is 5.75 Å². The van der Waals surface area contributed by atoms with E-state index < -0.39 is 21.9 Å². The maximum Gasteiger partial charge on any atom is 0.339 e. The number of benzene rings is 4. The number of fused-ring (bicyclic) bond motifs is 1. The fourth-order valence-electron chi connectivity index (χ4n) is 4.81. The highest BCUT2D eigenvalue weighted by Gasteiger charge is 2.47. The lowest BCUT2D eigenvalue weighted by molar-refractivity contribution is -0.0464. The van der Waals surface area contributed by atoms with E-state index in [2.05, 4.69) is 0 Å². The zero-order valence-corrected chi connectivity index (χ0v) is 22.2. The zero-order chi connectivity index (χ0) is 27.1. The van der Waals surface area contributed by atoms with E-state index in [4.69, 9.17) is 18.4 Å². The SMILES string of the molecule is COC(=O)c1cc2c(c(OS(=O)(=O)c3c(C)cc(C)cc3C)c1)OC(c1ccccc1)(c1ccccc1)O2. The number of carbonyl (C=O) groups is 1. The number of esters is 1. The molecule has 5 rings (SSSR count). The Morgan fingerprint density at radius 1 is 0.789 bits per heavy atom. The van der Waals surface area contributed by atoms with E-state index in [1.807, 2.05) is 67.6 Å². The Morgan fingerprint density at radius 2 is 1.34 bits per heavy atom. The van der Waals surface area contributed by atoms with E-state index in [-0.39, 0.29) is 27.7 Å². The van der Waals surface area contributed by atoms with Crippen molar-refractivity contribution >= 4 is 16.1 Å². The Hall–Kier alpha value is -4.30. The topological polar surface area (TPSA) is 88.1 Å². The molecule has 0 radical (unpaired) electrons. The van der Waals surface area contributed by atoms with Crippen molar-refractivity contribution in [2.75, 3.05) is 7.11 Å². The summed E-state index contributed by atoms with van der Waals surface area (Å²) in [4.78, 5) is 12.6. The molecule has 1 heterocycles. The molecule has 1 aliphatic heterocycles. The number of carbonyl (C=O) groups excluding carboxylic acids is 1. The summed E-state index contributed by atoms with van der Waals surface area (Å²) in [7, 11) is -3.08. The minimum Gasteiger partial charge on any atom is -0.465 e. The maximum absolute atomic E-state index is 13.6. The first-order valence-corrected chi connectivity index (χ1v) is 13.3. The summed E-state index contributed by atoms with van der Waals surface area (Å²) >= 11 is 0. The molecule has 0 aliphatic carbocycles. The first-order valence-electron chi connectivity index (χ1n) is 11.9. The summed E-state index contributed by atoms with van der Waals surface area (Å²) in [5.74, 6) is -2.12. The Kier molecular flexibility index (Phi) is 6.36. The van der Waals surface area contributed by atoms with Gasteiger partial charge in [0.05, 0.1) is 12.7 Å². The molecule has 7 nitrogen and oxygen atoms in total. The average molecular weight is 531 g/mol. The van der Waals surface area contributed by atoms with Crippen molar-refractivity contribution in [1.82, 2.24) is 0 Å². The molecule has 4 aromatic carbocycles. The quantitative estimate of drug-likeness (QED) is 0.229. The van der Waals surface area contributed by atoms with E-state index in [1.165, 1.54) is 19.2 Å². The van der Waals surface area contributed by atoms with Crippen LogP contribution in [-0.4, -0.2) is 21.5 Å². The molecule has 0 fully saturated rings. The van der Waals surface area contributed by atoms with E-state index in [0.717, 1.165) is 5.56 Å². The van der Waals surface area contributed by atoms with Crippen LogP contribution in [0.5, 0.6) is 17.2 Å². The molecule has 38 heavy (non-hydrogen) atoms. The molecule has 0 amide bonds. The summed E-state index contributed by atoms with van der Waals surface area (Å²) < 4.78 is 50.6. The Morgan fingerprint density at radius 3 is 1.87 bits per heavy atom. The number of hydrogen-bond acceptors (Lipinski definition) is 7. The third-order valence-corrected chi connectivity index (χ3v) is 7.85. The standard InChI is InChI=1S/C30H26O7S/c1-19-15-20(2)28(21(3)16-19)38(32,33)37-26-18-22(29(31)34-4)17-25-27(26)36-30(35-25,23-11-7-5-8-12-23)24-13-9-6-10-14-24/h5-18H,1-4H3. The predicted molar refractivity (Wildman–Crippen MR) is 141 cm³/mol. The van der Waals surface area contributed by atoms with Gasteiger partial charge >= 0.3 is 21.9 Å². The Bertz CT molecular complexity index is 1570. The fourth-order valence-corrected chi connectivity index (χ4v) is 6.16. The lowest BCUT2D eigenvalue weighted by Gasteiger charge is -2.28. The first-order chi connectivity index (χ1) is 18.1. The van der Waals surface area contributed by atoms with Crippen molar-refractivity contribution in [3.63, 3.8) is 0 Å². The lowest BCUT2D eigenvalue weighted by atomic mass is 9.97. The Labute approximate surface area is 221 Å². The number of aryl methyl sites for hydroxylation is 3. The number of hydrogen-bond donors (Lipinski definition) is 0. The summed E-state index contributed by atoms with van der Waals surface area (Å²) in [6, 6.07) is 24.8. The molecule has 0 spiro atoms. The maximum atomic E-state index is 13.6. The molecular formula is C30H26O7S. The second-order valence-electron chi connectivity index (χ2n) is 9.11. The fraction of sp³-hybridized carbons (Fsp3) is 0.167. The molecule has 0 N–H and O–H groups in total. The van der Waals surface area contributed by atoms with Crippen molar-refractivity contribution in [3.05, 3.63) is 118 Å². The Balaban J connectivity index is 1.68. The van der Waals surface area contributed by atoms with Gasteiger partial charge in [0.25, 0.3) is 0 Å². The van der Waals surface area contributed by atoms with E-state index in [1.54, 1.807) is 26.0 Å². The molecule has 8 heteroatoms. The van der Waals surface area contributed by atoms with Crippen LogP contribution in [0.4, 0.5) is 0 Å². The highest BCUT2D eigenvalue weighted by Crippen LogP contribution is 2.53. The van der Waals surface area contributed by atoms with Crippen LogP contribution in [0.3, 0.4) is 0 Å². The van der Waals surface area contributed by atoms with Gasteiger partial charge in [-0.2, -0.15) is 8.42 Å². The second-order valence-corrected chi connectivity index (χ2v) is 10.6. The van der Waals surface area contributed by atoms with Gasteiger partial charge in [-0.1, -0.05) is 78.4 Å². The van der Waals surface area contributed by atoms with Gasteiger partial charge in [0.15, 0.2) is 11.5 Å². The van der Waals surface area contributed by atoms with Crippen LogP contribution in [0, 0.1) is 20.8 Å². The van der Waals surface area contributed by atoms with Crippen molar-refractivity contribution in [2.24, 2.45) is 0 Å². The highest BCUT2D eigenvalue weighted by molar-refractivity contribution is 7.87. The van der Waals surface area contributed by atoms with Crippen molar-refractivity contribution in [2.45, 2.75) is 31.5 Å². The molecule has 1 aliphatic rings. The number of methoxy groups -OCH3 is 1. The molecule has 0 unspecified atom stereocenters. The van der Waals surface area contributed by atoms with Gasteiger partial charge in [-0.05, 0) is 38.0 Å². The number of ether oxygens (including phenoxy) is 3. The minimum atomic E-state index is -4.32. The third kappa shape index (κ3) is 4.37. The molecule has 0 saturated carbocycles. The van der Waals surface area contributed by atoms with Crippen LogP contribution in [0.2, 0.25) is 0 Å². The largest absolute Gasteiger partial charge is 0.465 e. The van der Waals surface area contributed by atoms with Crippen LogP contribution in [0.15, 0.2) is 89.8 Å². The van der Waals surface area contributed by atoms with Gasteiger partial charge in [0.1, 0.15) is 4.90 Å². The third-order valence-electron chi connectivity index (χ3n) is 6.30. The van der Waals surface area contributed by atoms with Crippen molar-refractivity contribution in [1.29, 1.82) is 0 Å². The summed E-state index contributed by atoms with van der Waals surface area (Å²) in [5, 5.41) is 0. The van der Waals surface area contributed by atoms with Gasteiger partial charge in [-0.25, -0.2) is 4.79 Å². The molecule has 4 aromatic rings. The number of rotatable bonds is 6. The first kappa shape index (κ1) is 25.4. The van der Waals surface area contributed by atoms with E-state index >= 15 is 0 Å². The van der Waals surface area contributed by atoms with Crippen molar-refractivity contribution in [3.8, 4) is 17.2 Å². The van der Waals surface area contributed by atoms with Crippen LogP contribution in [0.1, 0.15) is 38.2 Å². The van der Waals surface area contributed by atoms with Crippen LogP contribution in [0.25, 0.3) is 0 Å². The van der Waals surface area contributed by atoms with Crippen LogP contribution >= 0.6 is 0 Å². The van der Waals surface area contributed by atoms with Gasteiger partial charge in [-0.3, -0.25) is 0 Å². The van der Waals surface area contributed by atoms with Gasteiger partial charge in [0, 0.05) is 17.2 Å². The minimum absolute atomic E-state index is 0.0503. The smallest absolute Gasteiger partial charge is 0.339 e. The molecule has 0 bridgehead atoms. The average Bonchev–Trinajstić information content (AvgIpc) is 3.29. The molecular weight excluding hydrogens is 504 g/mol. The van der Waals surface area contributed by atoms with Crippen molar-refractivity contribution < 1.29 is 31.6 Å². The summed E-state index contributed by atoms with van der Waals surface area (Å²) in [6.07, 6.45) is 0. The second kappa shape index (κ2) is 9.54. The molecule has 194 valence electrons. The normalized spacial score (nSPS) is 13.7. The predicted octanol–water partition coefficient (Wildman–Crippen LogP) is 5.84. The van der Waals surface area contributed by atoms with Crippen LogP contribution < -0.4 is 13.7 Å². The van der Waals surface area contributed by atoms with E-state index in [9.17, 15) is 13.2 Å². The lowest BCUT2D eigenvalue weighted by Crippen LogP contribution is -2.36. The monoisotopic (exact) mass is 530 g/mol. The van der Waals surface area contributed by atoms with Crippen LogP contribution in [-0.2, 0) is 20.6 Å². The van der Waals surface area contributed by atoms with E-state index in [0.29, 0.717) is 22.3 Å². The molecule has 0 atom stereocenters. The summed E-state index contributed by atoms with van der Waals surface area (Å²) in [5.41, 5.74) is 3.41. The van der Waals surface area contributed by atoms with Gasteiger partial charge < -0.3 is 18.4 Å². The molecule has 0 aromatic heterocycles. The molecule has 0 saturated heterocycles. The zero-order valence-electron chi connectivity index (χ0n) is 21.3.